The van der Waals surface area contributed by atoms with Crippen molar-refractivity contribution in [2.45, 2.75) is 187 Å². The topological polar surface area (TPSA) is 199 Å². The molecule has 300 valence electrons. The standard InChI is InChI=1S/C39H73N7O6/c1-7-9-14-20-29(3)37(50)46-35(23-17-19-26-41-6)38(51)43-32(28-30(4)47)24-25-36(49)44-34(22-16-12-11-13-18-27-42-40)39(52)45-33(31(5)48)21-15-10-8-2/h29,32-35,40-41H,7-28H2,1-6H3,(H,43,51)(H,44,49)(H,45,52)(H,46,50). The molecule has 0 aliphatic rings. The van der Waals surface area contributed by atoms with Gasteiger partial charge in [0.05, 0.1) is 12.6 Å². The van der Waals surface area contributed by atoms with E-state index in [0.29, 0.717) is 32.2 Å². The summed E-state index contributed by atoms with van der Waals surface area (Å²) in [7, 11) is 1.86. The summed E-state index contributed by atoms with van der Waals surface area (Å²) in [6.45, 7) is 10.2. The van der Waals surface area contributed by atoms with E-state index < -0.39 is 30.1 Å². The molecule has 0 fully saturated rings. The van der Waals surface area contributed by atoms with E-state index in [9.17, 15) is 28.8 Å². The molecule has 0 aliphatic heterocycles. The van der Waals surface area contributed by atoms with Gasteiger partial charge in [0.15, 0.2) is 5.78 Å². The van der Waals surface area contributed by atoms with Gasteiger partial charge in [-0.15, -0.1) is 0 Å². The van der Waals surface area contributed by atoms with Crippen molar-refractivity contribution in [2.24, 2.45) is 11.0 Å². The van der Waals surface area contributed by atoms with Crippen LogP contribution in [0.1, 0.15) is 163 Å². The number of carbonyl (C=O) groups is 6. The van der Waals surface area contributed by atoms with Gasteiger partial charge >= 0.3 is 0 Å². The fourth-order valence-electron chi connectivity index (χ4n) is 6.10. The number of nitrogens with one attached hydrogen (secondary N) is 6. The fourth-order valence-corrected chi connectivity index (χ4v) is 6.10. The Morgan fingerprint density at radius 3 is 1.71 bits per heavy atom. The zero-order valence-corrected chi connectivity index (χ0v) is 33.3. The number of hydrogen-bond donors (Lipinski definition) is 6. The molecule has 0 saturated carbocycles. The molecule has 0 rings (SSSR count). The Hall–Kier alpha value is -3.22. The fraction of sp³-hybridized carbons (Fsp3) is 0.846. The lowest BCUT2D eigenvalue weighted by Gasteiger charge is -2.25. The number of carbonyl (C=O) groups excluding carboxylic acids is 6. The van der Waals surface area contributed by atoms with Gasteiger partial charge in [0.2, 0.25) is 23.6 Å². The lowest BCUT2D eigenvalue weighted by Crippen LogP contribution is -2.52. The van der Waals surface area contributed by atoms with Crippen molar-refractivity contribution in [3.8, 4) is 0 Å². The van der Waals surface area contributed by atoms with Crippen molar-refractivity contribution >= 4 is 35.2 Å². The molecule has 0 heterocycles. The first-order chi connectivity index (χ1) is 24.9. The molecular weight excluding hydrogens is 662 g/mol. The third kappa shape index (κ3) is 24.9. The molecule has 0 aromatic rings. The number of rotatable bonds is 34. The maximum absolute atomic E-state index is 13.6. The van der Waals surface area contributed by atoms with Crippen LogP contribution in [0.25, 0.3) is 0 Å². The second-order valence-corrected chi connectivity index (χ2v) is 14.4. The Bertz CT molecular complexity index is 1060. The Morgan fingerprint density at radius 1 is 0.596 bits per heavy atom. The highest BCUT2D eigenvalue weighted by Gasteiger charge is 2.28. The van der Waals surface area contributed by atoms with Gasteiger partial charge in [0.1, 0.15) is 17.9 Å². The van der Waals surface area contributed by atoms with E-state index in [4.69, 9.17) is 5.53 Å². The van der Waals surface area contributed by atoms with Crippen molar-refractivity contribution in [3.63, 3.8) is 0 Å². The van der Waals surface area contributed by atoms with Gasteiger partial charge < -0.3 is 26.6 Å². The highest BCUT2D eigenvalue weighted by Crippen LogP contribution is 2.14. The van der Waals surface area contributed by atoms with E-state index in [1.54, 1.807) is 0 Å². The number of hydrogen-bond acceptors (Lipinski definition) is 9. The van der Waals surface area contributed by atoms with Crippen LogP contribution in [-0.2, 0) is 28.8 Å². The maximum Gasteiger partial charge on any atom is 0.243 e. The largest absolute Gasteiger partial charge is 0.351 e. The summed E-state index contributed by atoms with van der Waals surface area (Å²) in [4.78, 5) is 77.8. The average molecular weight is 736 g/mol. The quantitative estimate of drug-likeness (QED) is 0.0353. The first-order valence-electron chi connectivity index (χ1n) is 20.1. The first kappa shape index (κ1) is 48.8. The van der Waals surface area contributed by atoms with Crippen LogP contribution in [0.2, 0.25) is 0 Å². The molecular formula is C39H73N7O6. The average Bonchev–Trinajstić information content (AvgIpc) is 3.10. The van der Waals surface area contributed by atoms with Crippen molar-refractivity contribution in [3.05, 3.63) is 0 Å². The summed E-state index contributed by atoms with van der Waals surface area (Å²) in [5.74, 6) is -1.82. The number of Topliss-reactive ketones (excluding diaryl/α,β-unsaturated/α-hetero) is 2. The summed E-state index contributed by atoms with van der Waals surface area (Å²) in [6, 6.07) is -2.84. The monoisotopic (exact) mass is 736 g/mol. The van der Waals surface area contributed by atoms with E-state index in [1.807, 2.05) is 14.0 Å². The Labute approximate surface area is 314 Å². The molecule has 6 N–H and O–H groups in total. The number of ketones is 2. The molecule has 0 aliphatic carbocycles. The molecule has 0 bridgehead atoms. The number of unbranched alkanes of at least 4 members (excludes halogenated alkanes) is 9. The lowest BCUT2D eigenvalue weighted by molar-refractivity contribution is -0.132. The second-order valence-electron chi connectivity index (χ2n) is 14.4. The van der Waals surface area contributed by atoms with Crippen molar-refractivity contribution < 1.29 is 28.8 Å². The minimum absolute atomic E-state index is 0.0288. The van der Waals surface area contributed by atoms with Gasteiger partial charge in [-0.25, -0.2) is 5.53 Å². The second kappa shape index (κ2) is 31.3. The minimum atomic E-state index is -0.832. The van der Waals surface area contributed by atoms with E-state index >= 15 is 0 Å². The molecule has 0 aromatic heterocycles. The van der Waals surface area contributed by atoms with Crippen LogP contribution in [0.3, 0.4) is 0 Å². The van der Waals surface area contributed by atoms with Crippen LogP contribution in [0, 0.1) is 11.4 Å². The third-order valence-corrected chi connectivity index (χ3v) is 9.41. The molecule has 4 amide bonds. The minimum Gasteiger partial charge on any atom is -0.351 e. The van der Waals surface area contributed by atoms with Gasteiger partial charge in [0.25, 0.3) is 0 Å². The summed E-state index contributed by atoms with van der Waals surface area (Å²) in [6.07, 6.45) is 13.9. The Morgan fingerprint density at radius 2 is 1.12 bits per heavy atom. The molecule has 13 nitrogen and oxygen atoms in total. The van der Waals surface area contributed by atoms with Gasteiger partial charge in [0, 0.05) is 24.8 Å². The summed E-state index contributed by atoms with van der Waals surface area (Å²) >= 11 is 0. The van der Waals surface area contributed by atoms with Gasteiger partial charge in [-0.3, -0.25) is 28.8 Å². The van der Waals surface area contributed by atoms with Crippen LogP contribution >= 0.6 is 0 Å². The van der Waals surface area contributed by atoms with Crippen molar-refractivity contribution in [1.29, 1.82) is 5.53 Å². The highest BCUT2D eigenvalue weighted by atomic mass is 16.2. The predicted molar refractivity (Wildman–Crippen MR) is 206 cm³/mol. The molecule has 52 heavy (non-hydrogen) atoms. The van der Waals surface area contributed by atoms with Gasteiger partial charge in [-0.1, -0.05) is 85.0 Å². The maximum atomic E-state index is 13.6. The summed E-state index contributed by atoms with van der Waals surface area (Å²) < 4.78 is 0. The Kier molecular flexibility index (Phi) is 29.4. The molecule has 5 atom stereocenters. The zero-order chi connectivity index (χ0) is 39.1. The molecule has 5 unspecified atom stereocenters. The van der Waals surface area contributed by atoms with Gasteiger partial charge in [-0.05, 0) is 78.8 Å². The molecule has 0 spiro atoms. The Balaban J connectivity index is 5.65. The van der Waals surface area contributed by atoms with Crippen LogP contribution < -0.4 is 26.6 Å². The van der Waals surface area contributed by atoms with E-state index in [1.165, 1.54) is 13.8 Å². The van der Waals surface area contributed by atoms with E-state index in [-0.39, 0.29) is 54.5 Å². The van der Waals surface area contributed by atoms with E-state index in [0.717, 1.165) is 90.0 Å². The van der Waals surface area contributed by atoms with Crippen LogP contribution in [0.5, 0.6) is 0 Å². The molecule has 13 heteroatoms. The van der Waals surface area contributed by atoms with Crippen molar-refractivity contribution in [2.75, 3.05) is 20.1 Å². The predicted octanol–water partition coefficient (Wildman–Crippen LogP) is 5.83. The number of amides is 4. The van der Waals surface area contributed by atoms with Crippen LogP contribution in [0.4, 0.5) is 0 Å². The molecule has 0 aromatic carbocycles. The van der Waals surface area contributed by atoms with Gasteiger partial charge in [-0.2, -0.15) is 5.11 Å². The summed E-state index contributed by atoms with van der Waals surface area (Å²) in [5, 5.41) is 18.1. The zero-order valence-electron chi connectivity index (χ0n) is 33.3. The lowest BCUT2D eigenvalue weighted by atomic mass is 10.00. The number of nitrogens with zero attached hydrogens (tertiary/aromatic N) is 1. The third-order valence-electron chi connectivity index (χ3n) is 9.41. The van der Waals surface area contributed by atoms with Crippen molar-refractivity contribution in [1.82, 2.24) is 26.6 Å². The highest BCUT2D eigenvalue weighted by molar-refractivity contribution is 5.92. The van der Waals surface area contributed by atoms with E-state index in [2.05, 4.69) is 45.5 Å². The smallest absolute Gasteiger partial charge is 0.243 e. The molecule has 0 radical (unpaired) electrons. The summed E-state index contributed by atoms with van der Waals surface area (Å²) in [5.41, 5.74) is 6.93. The van der Waals surface area contributed by atoms with Crippen LogP contribution in [0.15, 0.2) is 5.11 Å². The first-order valence-corrected chi connectivity index (χ1v) is 20.1. The SMILES string of the molecule is CCCCCC(C)C(=O)NC(CCCCNC)C(=O)NC(CCC(=O)NC(CCCCCCCN=N)C(=O)NC(CCCCC)C(C)=O)CC(C)=O. The van der Waals surface area contributed by atoms with Crippen LogP contribution in [-0.4, -0.2) is 79.5 Å². The molecule has 0 saturated heterocycles. The normalized spacial score (nSPS) is 14.0.